The summed E-state index contributed by atoms with van der Waals surface area (Å²) < 4.78 is 16.7. The van der Waals surface area contributed by atoms with Crippen molar-refractivity contribution in [2.24, 2.45) is 5.10 Å². The molecule has 0 radical (unpaired) electrons. The van der Waals surface area contributed by atoms with Crippen molar-refractivity contribution in [3.63, 3.8) is 0 Å². The van der Waals surface area contributed by atoms with Gasteiger partial charge >= 0.3 is 0 Å². The first kappa shape index (κ1) is 28.2. The molecule has 2 aromatic carbocycles. The highest BCUT2D eigenvalue weighted by Crippen LogP contribution is 2.38. The van der Waals surface area contributed by atoms with E-state index in [-0.39, 0.29) is 16.7 Å². The fourth-order valence-corrected chi connectivity index (χ4v) is 3.58. The summed E-state index contributed by atoms with van der Waals surface area (Å²) in [5.41, 5.74) is 6.05. The highest BCUT2D eigenvalue weighted by atomic mass is 16.5. The Morgan fingerprint density at radius 2 is 1.57 bits per heavy atom. The Bertz CT molecular complexity index is 1010. The highest BCUT2D eigenvalue weighted by Gasteiger charge is 2.26. The number of hydrogen-bond acceptors (Lipinski definition) is 5. The second kappa shape index (κ2) is 12.6. The van der Waals surface area contributed by atoms with E-state index in [4.69, 9.17) is 14.2 Å². The first-order valence-corrected chi connectivity index (χ1v) is 12.4. The standard InChI is InChI=1S/C29H42N2O4/c1-9-28(3,4)22-14-16-24(23(19-22)29(5,6)10-2)35-17-11-12-27(32)31-30-20-21-13-15-25(33-7)26(18-21)34-8/h13-16,18-20H,9-12,17H2,1-8H3,(H,31,32)/b30-20-. The van der Waals surface area contributed by atoms with Gasteiger partial charge in [0.15, 0.2) is 11.5 Å². The predicted molar refractivity (Wildman–Crippen MR) is 143 cm³/mol. The zero-order chi connectivity index (χ0) is 26.1. The lowest BCUT2D eigenvalue weighted by Crippen LogP contribution is -2.21. The first-order chi connectivity index (χ1) is 16.6. The molecule has 0 fully saturated rings. The van der Waals surface area contributed by atoms with E-state index in [1.54, 1.807) is 32.6 Å². The van der Waals surface area contributed by atoms with Crippen molar-refractivity contribution in [1.29, 1.82) is 0 Å². The van der Waals surface area contributed by atoms with Crippen molar-refractivity contribution in [3.8, 4) is 17.2 Å². The number of hydrogen-bond donors (Lipinski definition) is 1. The van der Waals surface area contributed by atoms with Crippen LogP contribution in [0, 0.1) is 0 Å². The van der Waals surface area contributed by atoms with Gasteiger partial charge in [0.1, 0.15) is 5.75 Å². The van der Waals surface area contributed by atoms with Crippen molar-refractivity contribution in [3.05, 3.63) is 53.1 Å². The van der Waals surface area contributed by atoms with Gasteiger partial charge in [0.25, 0.3) is 0 Å². The second-order valence-electron chi connectivity index (χ2n) is 10.0. The Hall–Kier alpha value is -3.02. The summed E-state index contributed by atoms with van der Waals surface area (Å²) in [7, 11) is 3.17. The molecule has 0 unspecified atom stereocenters. The van der Waals surface area contributed by atoms with Crippen LogP contribution in [0.15, 0.2) is 41.5 Å². The van der Waals surface area contributed by atoms with Crippen LogP contribution in [-0.4, -0.2) is 32.9 Å². The third-order valence-corrected chi connectivity index (χ3v) is 6.87. The normalized spacial score (nSPS) is 12.0. The molecule has 2 rings (SSSR count). The lowest BCUT2D eigenvalue weighted by Gasteiger charge is -2.30. The van der Waals surface area contributed by atoms with Gasteiger partial charge in [-0.25, -0.2) is 5.43 Å². The molecule has 1 N–H and O–H groups in total. The third-order valence-electron chi connectivity index (χ3n) is 6.87. The van der Waals surface area contributed by atoms with E-state index in [1.807, 2.05) is 6.07 Å². The molecule has 0 saturated heterocycles. The Morgan fingerprint density at radius 1 is 0.914 bits per heavy atom. The molecule has 192 valence electrons. The fraction of sp³-hybridized carbons (Fsp3) is 0.517. The van der Waals surface area contributed by atoms with Gasteiger partial charge in [-0.1, -0.05) is 53.7 Å². The van der Waals surface area contributed by atoms with Crippen LogP contribution in [-0.2, 0) is 15.6 Å². The molecule has 1 amide bonds. The Balaban J connectivity index is 1.93. The molecule has 2 aromatic rings. The zero-order valence-electron chi connectivity index (χ0n) is 22.7. The van der Waals surface area contributed by atoms with Crippen LogP contribution in [0.2, 0.25) is 0 Å². The van der Waals surface area contributed by atoms with Gasteiger partial charge in [-0.2, -0.15) is 5.10 Å². The maximum absolute atomic E-state index is 12.2. The number of nitrogens with zero attached hydrogens (tertiary/aromatic N) is 1. The fourth-order valence-electron chi connectivity index (χ4n) is 3.58. The number of methoxy groups -OCH3 is 2. The number of amides is 1. The molecular weight excluding hydrogens is 440 g/mol. The Kier molecular flexibility index (Phi) is 10.2. The molecule has 0 aliphatic rings. The summed E-state index contributed by atoms with van der Waals surface area (Å²) in [5.74, 6) is 2.00. The molecule has 0 aliphatic heterocycles. The van der Waals surface area contributed by atoms with Crippen molar-refractivity contribution in [1.82, 2.24) is 5.43 Å². The molecule has 6 nitrogen and oxygen atoms in total. The molecule has 0 aromatic heterocycles. The largest absolute Gasteiger partial charge is 0.493 e. The van der Waals surface area contributed by atoms with Crippen molar-refractivity contribution in [2.75, 3.05) is 20.8 Å². The monoisotopic (exact) mass is 482 g/mol. The maximum atomic E-state index is 12.2. The first-order valence-electron chi connectivity index (χ1n) is 12.4. The van der Waals surface area contributed by atoms with Gasteiger partial charge in [0.05, 0.1) is 27.0 Å². The number of nitrogens with one attached hydrogen (secondary N) is 1. The minimum atomic E-state index is -0.153. The number of hydrazone groups is 1. The Morgan fingerprint density at radius 3 is 2.20 bits per heavy atom. The van der Waals surface area contributed by atoms with Crippen LogP contribution in [0.4, 0.5) is 0 Å². The summed E-state index contributed by atoms with van der Waals surface area (Å²) >= 11 is 0. The third kappa shape index (κ3) is 7.74. The lowest BCUT2D eigenvalue weighted by atomic mass is 9.76. The van der Waals surface area contributed by atoms with Crippen LogP contribution in [0.5, 0.6) is 17.2 Å². The van der Waals surface area contributed by atoms with E-state index in [0.29, 0.717) is 30.9 Å². The topological polar surface area (TPSA) is 69.2 Å². The highest BCUT2D eigenvalue weighted by molar-refractivity contribution is 5.83. The van der Waals surface area contributed by atoms with Gasteiger partial charge in [0.2, 0.25) is 5.91 Å². The van der Waals surface area contributed by atoms with Crippen molar-refractivity contribution < 1.29 is 19.0 Å². The smallest absolute Gasteiger partial charge is 0.240 e. The molecule has 0 bridgehead atoms. The van der Waals surface area contributed by atoms with Crippen LogP contribution >= 0.6 is 0 Å². The Labute approximate surface area is 211 Å². The molecule has 35 heavy (non-hydrogen) atoms. The van der Waals surface area contributed by atoms with Crippen molar-refractivity contribution in [2.45, 2.75) is 78.1 Å². The maximum Gasteiger partial charge on any atom is 0.240 e. The van der Waals surface area contributed by atoms with E-state index < -0.39 is 0 Å². The van der Waals surface area contributed by atoms with Gasteiger partial charge in [-0.3, -0.25) is 4.79 Å². The van der Waals surface area contributed by atoms with Crippen LogP contribution in [0.25, 0.3) is 0 Å². The second-order valence-corrected chi connectivity index (χ2v) is 10.0. The summed E-state index contributed by atoms with van der Waals surface area (Å²) in [5, 5.41) is 4.05. The van der Waals surface area contributed by atoms with Gasteiger partial charge in [-0.05, 0) is 65.5 Å². The number of carbonyl (C=O) groups is 1. The molecule has 0 spiro atoms. The van der Waals surface area contributed by atoms with E-state index in [0.717, 1.165) is 24.2 Å². The van der Waals surface area contributed by atoms with Gasteiger partial charge in [0, 0.05) is 12.0 Å². The molecular formula is C29H42N2O4. The predicted octanol–water partition coefficient (Wildman–Crippen LogP) is 6.39. The van der Waals surface area contributed by atoms with Crippen LogP contribution in [0.3, 0.4) is 0 Å². The zero-order valence-corrected chi connectivity index (χ0v) is 22.7. The molecule has 6 heteroatoms. The molecule has 0 heterocycles. The SMILES string of the molecule is CCC(C)(C)c1ccc(OCCCC(=O)N/N=C\c2ccc(OC)c(OC)c2)c(C(C)(C)CC)c1. The molecule has 0 saturated carbocycles. The summed E-state index contributed by atoms with van der Waals surface area (Å²) in [6.45, 7) is 13.9. The summed E-state index contributed by atoms with van der Waals surface area (Å²) in [6.07, 6.45) is 4.60. The minimum absolute atomic E-state index is 0.00535. The van der Waals surface area contributed by atoms with Crippen molar-refractivity contribution >= 4 is 12.1 Å². The van der Waals surface area contributed by atoms with E-state index in [2.05, 4.69) is 70.3 Å². The van der Waals surface area contributed by atoms with E-state index in [9.17, 15) is 4.79 Å². The number of carbonyl (C=O) groups excluding carboxylic acids is 1. The quantitative estimate of drug-likeness (QED) is 0.204. The van der Waals surface area contributed by atoms with Gasteiger partial charge < -0.3 is 14.2 Å². The summed E-state index contributed by atoms with van der Waals surface area (Å²) in [4.78, 5) is 12.2. The molecule has 0 aliphatic carbocycles. The van der Waals surface area contributed by atoms with Crippen LogP contribution in [0.1, 0.15) is 83.9 Å². The lowest BCUT2D eigenvalue weighted by molar-refractivity contribution is -0.121. The number of ether oxygens (including phenoxy) is 3. The van der Waals surface area contributed by atoms with E-state index in [1.165, 1.54) is 11.1 Å². The summed E-state index contributed by atoms with van der Waals surface area (Å²) in [6, 6.07) is 12.0. The minimum Gasteiger partial charge on any atom is -0.493 e. The van der Waals surface area contributed by atoms with Gasteiger partial charge in [-0.15, -0.1) is 0 Å². The van der Waals surface area contributed by atoms with Crippen LogP contribution < -0.4 is 19.6 Å². The molecule has 0 atom stereocenters. The average Bonchev–Trinajstić information content (AvgIpc) is 2.86. The number of rotatable bonds is 13. The average molecular weight is 483 g/mol. The number of benzene rings is 2. The van der Waals surface area contributed by atoms with E-state index >= 15 is 0 Å².